The summed E-state index contributed by atoms with van der Waals surface area (Å²) in [4.78, 5) is 22.6. The lowest BCUT2D eigenvalue weighted by Crippen LogP contribution is -2.28. The van der Waals surface area contributed by atoms with Crippen LogP contribution in [0.5, 0.6) is 5.75 Å². The molecule has 0 aliphatic carbocycles. The highest BCUT2D eigenvalue weighted by molar-refractivity contribution is 5.93. The quantitative estimate of drug-likeness (QED) is 0.913. The van der Waals surface area contributed by atoms with E-state index in [0.717, 1.165) is 37.4 Å². The smallest absolute Gasteiger partial charge is 0.272 e. The Morgan fingerprint density at radius 3 is 2.71 bits per heavy atom. The van der Waals surface area contributed by atoms with Gasteiger partial charge >= 0.3 is 0 Å². The van der Waals surface area contributed by atoms with Crippen LogP contribution in [0.25, 0.3) is 0 Å². The fraction of sp³-hybridized carbons (Fsp3) is 0.389. The van der Waals surface area contributed by atoms with E-state index in [2.05, 4.69) is 15.3 Å². The van der Waals surface area contributed by atoms with Crippen LogP contribution in [0.2, 0.25) is 0 Å². The number of benzene rings is 1. The number of nitrogens with one attached hydrogen (secondary N) is 1. The Labute approximate surface area is 141 Å². The number of para-hydroxylation sites is 2. The van der Waals surface area contributed by atoms with Crippen LogP contribution in [-0.4, -0.2) is 40.0 Å². The SMILES string of the molecule is CC(C)Oc1ccccc1Nc1cc(C(=O)N2CCCC2)ncn1. The van der Waals surface area contributed by atoms with Crippen molar-refractivity contribution in [3.63, 3.8) is 0 Å². The van der Waals surface area contributed by atoms with Crippen LogP contribution >= 0.6 is 0 Å². The van der Waals surface area contributed by atoms with Crippen LogP contribution in [0.4, 0.5) is 11.5 Å². The second-order valence-corrected chi connectivity index (χ2v) is 6.08. The third-order valence-electron chi connectivity index (χ3n) is 3.79. The van der Waals surface area contributed by atoms with E-state index in [-0.39, 0.29) is 12.0 Å². The highest BCUT2D eigenvalue weighted by atomic mass is 16.5. The largest absolute Gasteiger partial charge is 0.489 e. The lowest BCUT2D eigenvalue weighted by molar-refractivity contribution is 0.0787. The molecule has 1 aliphatic rings. The summed E-state index contributed by atoms with van der Waals surface area (Å²) in [5, 5.41) is 3.22. The van der Waals surface area contributed by atoms with E-state index in [0.29, 0.717) is 11.5 Å². The summed E-state index contributed by atoms with van der Waals surface area (Å²) < 4.78 is 5.80. The number of hydrogen-bond acceptors (Lipinski definition) is 5. The monoisotopic (exact) mass is 326 g/mol. The molecule has 1 aromatic carbocycles. The number of likely N-dealkylation sites (tertiary alicyclic amines) is 1. The molecule has 0 saturated carbocycles. The molecule has 6 nitrogen and oxygen atoms in total. The number of nitrogens with zero attached hydrogens (tertiary/aromatic N) is 3. The average Bonchev–Trinajstić information content (AvgIpc) is 3.10. The Hall–Kier alpha value is -2.63. The van der Waals surface area contributed by atoms with Crippen molar-refractivity contribution in [2.24, 2.45) is 0 Å². The van der Waals surface area contributed by atoms with Crippen LogP contribution in [0, 0.1) is 0 Å². The van der Waals surface area contributed by atoms with Gasteiger partial charge in [0.2, 0.25) is 0 Å². The van der Waals surface area contributed by atoms with Crippen LogP contribution in [0.15, 0.2) is 36.7 Å². The van der Waals surface area contributed by atoms with E-state index >= 15 is 0 Å². The highest BCUT2D eigenvalue weighted by Crippen LogP contribution is 2.27. The number of carbonyl (C=O) groups is 1. The molecule has 0 radical (unpaired) electrons. The van der Waals surface area contributed by atoms with Gasteiger partial charge in [0, 0.05) is 19.2 Å². The molecule has 3 rings (SSSR count). The van der Waals surface area contributed by atoms with Crippen LogP contribution < -0.4 is 10.1 Å². The fourth-order valence-corrected chi connectivity index (χ4v) is 2.69. The van der Waals surface area contributed by atoms with Gasteiger partial charge in [-0.1, -0.05) is 12.1 Å². The average molecular weight is 326 g/mol. The Kier molecular flexibility index (Phi) is 4.93. The Morgan fingerprint density at radius 1 is 1.21 bits per heavy atom. The number of anilines is 2. The third-order valence-corrected chi connectivity index (χ3v) is 3.79. The van der Waals surface area contributed by atoms with Gasteiger partial charge < -0.3 is 15.0 Å². The molecule has 0 atom stereocenters. The molecule has 1 amide bonds. The van der Waals surface area contributed by atoms with E-state index in [1.807, 2.05) is 43.0 Å². The van der Waals surface area contributed by atoms with Crippen LogP contribution in [-0.2, 0) is 0 Å². The van der Waals surface area contributed by atoms with Crippen molar-refractivity contribution in [2.75, 3.05) is 18.4 Å². The summed E-state index contributed by atoms with van der Waals surface area (Å²) in [6.07, 6.45) is 3.60. The summed E-state index contributed by atoms with van der Waals surface area (Å²) in [5.74, 6) is 1.29. The summed E-state index contributed by atoms with van der Waals surface area (Å²) in [6.45, 7) is 5.57. The molecule has 1 saturated heterocycles. The molecule has 24 heavy (non-hydrogen) atoms. The second kappa shape index (κ2) is 7.29. The van der Waals surface area contributed by atoms with Gasteiger partial charge in [-0.2, -0.15) is 0 Å². The zero-order chi connectivity index (χ0) is 16.9. The van der Waals surface area contributed by atoms with Crippen LogP contribution in [0.1, 0.15) is 37.2 Å². The summed E-state index contributed by atoms with van der Waals surface area (Å²) in [5.41, 5.74) is 1.22. The van der Waals surface area contributed by atoms with Crippen molar-refractivity contribution in [2.45, 2.75) is 32.8 Å². The molecule has 1 aromatic heterocycles. The van der Waals surface area contributed by atoms with Gasteiger partial charge in [-0.3, -0.25) is 4.79 Å². The first-order valence-electron chi connectivity index (χ1n) is 8.27. The van der Waals surface area contributed by atoms with E-state index in [1.54, 1.807) is 6.07 Å². The lowest BCUT2D eigenvalue weighted by atomic mass is 10.2. The predicted molar refractivity (Wildman–Crippen MR) is 92.7 cm³/mol. The molecule has 0 spiro atoms. The molecule has 1 N–H and O–H groups in total. The summed E-state index contributed by atoms with van der Waals surface area (Å²) in [6, 6.07) is 9.35. The highest BCUT2D eigenvalue weighted by Gasteiger charge is 2.21. The first kappa shape index (κ1) is 16.2. The number of rotatable bonds is 5. The normalized spacial score (nSPS) is 14.0. The van der Waals surface area contributed by atoms with Crippen molar-refractivity contribution < 1.29 is 9.53 Å². The van der Waals surface area contributed by atoms with E-state index < -0.39 is 0 Å². The Bertz CT molecular complexity index is 712. The Morgan fingerprint density at radius 2 is 1.96 bits per heavy atom. The van der Waals surface area contributed by atoms with Gasteiger partial charge in [0.15, 0.2) is 0 Å². The van der Waals surface area contributed by atoms with E-state index in [9.17, 15) is 4.79 Å². The van der Waals surface area contributed by atoms with E-state index in [4.69, 9.17) is 4.74 Å². The predicted octanol–water partition coefficient (Wildman–Crippen LogP) is 3.24. The summed E-state index contributed by atoms with van der Waals surface area (Å²) in [7, 11) is 0. The topological polar surface area (TPSA) is 67.3 Å². The minimum Gasteiger partial charge on any atom is -0.489 e. The number of ether oxygens (including phenoxy) is 1. The molecule has 2 aromatic rings. The fourth-order valence-electron chi connectivity index (χ4n) is 2.69. The summed E-state index contributed by atoms with van der Waals surface area (Å²) >= 11 is 0. The number of hydrogen-bond donors (Lipinski definition) is 1. The number of carbonyl (C=O) groups excluding carboxylic acids is 1. The minimum atomic E-state index is -0.0373. The van der Waals surface area contributed by atoms with Gasteiger partial charge in [-0.25, -0.2) is 9.97 Å². The number of amides is 1. The van der Waals surface area contributed by atoms with Crippen molar-refractivity contribution >= 4 is 17.4 Å². The lowest BCUT2D eigenvalue weighted by Gasteiger charge is -2.16. The first-order chi connectivity index (χ1) is 11.6. The van der Waals surface area contributed by atoms with E-state index in [1.165, 1.54) is 6.33 Å². The van der Waals surface area contributed by atoms with Crippen LogP contribution in [0.3, 0.4) is 0 Å². The molecule has 1 fully saturated rings. The molecular formula is C18H22N4O2. The molecule has 2 heterocycles. The molecule has 126 valence electrons. The standard InChI is InChI=1S/C18H22N4O2/c1-13(2)24-16-8-4-3-7-14(16)21-17-11-15(19-12-20-17)18(23)22-9-5-6-10-22/h3-4,7-8,11-13H,5-6,9-10H2,1-2H3,(H,19,20,21). The van der Waals surface area contributed by atoms with Gasteiger partial charge in [-0.05, 0) is 38.8 Å². The molecular weight excluding hydrogens is 304 g/mol. The Balaban J connectivity index is 1.79. The maximum Gasteiger partial charge on any atom is 0.272 e. The zero-order valence-corrected chi connectivity index (χ0v) is 14.0. The maximum absolute atomic E-state index is 12.4. The van der Waals surface area contributed by atoms with Crippen molar-refractivity contribution in [3.8, 4) is 5.75 Å². The van der Waals surface area contributed by atoms with Gasteiger partial charge in [0.25, 0.3) is 5.91 Å². The van der Waals surface area contributed by atoms with Gasteiger partial charge in [0.1, 0.15) is 23.6 Å². The third kappa shape index (κ3) is 3.82. The van der Waals surface area contributed by atoms with Crippen molar-refractivity contribution in [1.29, 1.82) is 0 Å². The van der Waals surface area contributed by atoms with Crippen molar-refractivity contribution in [1.82, 2.24) is 14.9 Å². The number of aromatic nitrogens is 2. The van der Waals surface area contributed by atoms with Crippen molar-refractivity contribution in [3.05, 3.63) is 42.4 Å². The molecule has 0 unspecified atom stereocenters. The molecule has 1 aliphatic heterocycles. The van der Waals surface area contributed by atoms with Gasteiger partial charge in [-0.15, -0.1) is 0 Å². The van der Waals surface area contributed by atoms with Gasteiger partial charge in [0.05, 0.1) is 11.8 Å². The second-order valence-electron chi connectivity index (χ2n) is 6.08. The first-order valence-corrected chi connectivity index (χ1v) is 8.27. The molecule has 0 bridgehead atoms. The minimum absolute atomic E-state index is 0.0373. The zero-order valence-electron chi connectivity index (χ0n) is 14.0. The molecule has 6 heteroatoms. The maximum atomic E-state index is 12.4.